The minimum Gasteiger partial charge on any atom is -0.353 e. The summed E-state index contributed by atoms with van der Waals surface area (Å²) < 4.78 is 0. The average molecular weight is 263 g/mol. The summed E-state index contributed by atoms with van der Waals surface area (Å²) in [5.41, 5.74) is 0.632. The van der Waals surface area contributed by atoms with Crippen LogP contribution in [0.5, 0.6) is 0 Å². The first-order chi connectivity index (χ1) is 8.70. The molecular formula is C13H15ClN4. The van der Waals surface area contributed by atoms with Crippen LogP contribution in [0, 0.1) is 11.3 Å². The van der Waals surface area contributed by atoms with Gasteiger partial charge in [-0.3, -0.25) is 4.90 Å². The predicted molar refractivity (Wildman–Crippen MR) is 72.6 cm³/mol. The van der Waals surface area contributed by atoms with Gasteiger partial charge in [0, 0.05) is 44.0 Å². The van der Waals surface area contributed by atoms with Crippen LogP contribution in [0.1, 0.15) is 5.56 Å². The minimum absolute atomic E-state index is 0.632. The molecular weight excluding hydrogens is 248 g/mol. The Labute approximate surface area is 112 Å². The lowest BCUT2D eigenvalue weighted by Crippen LogP contribution is -2.47. The van der Waals surface area contributed by atoms with E-state index in [0.29, 0.717) is 10.6 Å². The summed E-state index contributed by atoms with van der Waals surface area (Å²) in [5.74, 6) is 0.782. The number of pyridine rings is 1. The lowest BCUT2D eigenvalue weighted by atomic mass is 10.2. The summed E-state index contributed by atoms with van der Waals surface area (Å²) in [6.07, 6.45) is 1.73. The number of nitriles is 1. The highest BCUT2D eigenvalue weighted by Crippen LogP contribution is 2.18. The van der Waals surface area contributed by atoms with E-state index in [1.165, 1.54) is 0 Å². The summed E-state index contributed by atoms with van der Waals surface area (Å²) in [4.78, 5) is 8.70. The zero-order valence-corrected chi connectivity index (χ0v) is 10.9. The van der Waals surface area contributed by atoms with Crippen molar-refractivity contribution in [2.75, 3.05) is 37.6 Å². The third-order valence-electron chi connectivity index (χ3n) is 2.97. The van der Waals surface area contributed by atoms with Gasteiger partial charge in [0.1, 0.15) is 11.9 Å². The second kappa shape index (κ2) is 5.85. The molecule has 1 aromatic heterocycles. The van der Waals surface area contributed by atoms with Crippen molar-refractivity contribution in [3.05, 3.63) is 35.5 Å². The van der Waals surface area contributed by atoms with Gasteiger partial charge in [-0.15, -0.1) is 0 Å². The monoisotopic (exact) mass is 262 g/mol. The largest absolute Gasteiger partial charge is 0.353 e. The van der Waals surface area contributed by atoms with E-state index in [4.69, 9.17) is 16.9 Å². The van der Waals surface area contributed by atoms with Crippen LogP contribution in [-0.4, -0.2) is 42.6 Å². The topological polar surface area (TPSA) is 43.2 Å². The van der Waals surface area contributed by atoms with Crippen LogP contribution < -0.4 is 4.90 Å². The van der Waals surface area contributed by atoms with Crippen LogP contribution in [0.2, 0.25) is 0 Å². The van der Waals surface area contributed by atoms with Gasteiger partial charge >= 0.3 is 0 Å². The smallest absolute Gasteiger partial charge is 0.146 e. The van der Waals surface area contributed by atoms with Crippen LogP contribution in [0.3, 0.4) is 0 Å². The van der Waals surface area contributed by atoms with Crippen molar-refractivity contribution in [2.45, 2.75) is 0 Å². The van der Waals surface area contributed by atoms with Gasteiger partial charge in [0.05, 0.1) is 5.56 Å². The van der Waals surface area contributed by atoms with Gasteiger partial charge in [-0.05, 0) is 12.1 Å². The second-order valence-electron chi connectivity index (χ2n) is 4.27. The summed E-state index contributed by atoms with van der Waals surface area (Å²) >= 11 is 5.81. The minimum atomic E-state index is 0.632. The molecule has 4 nitrogen and oxygen atoms in total. The lowest BCUT2D eigenvalue weighted by Gasteiger charge is -2.35. The first kappa shape index (κ1) is 12.9. The SMILES string of the molecule is C=C(Cl)CN1CCN(c2ncccc2C#N)CC1. The highest BCUT2D eigenvalue weighted by molar-refractivity contribution is 6.29. The maximum absolute atomic E-state index is 9.06. The second-order valence-corrected chi connectivity index (χ2v) is 4.80. The van der Waals surface area contributed by atoms with Crippen molar-refractivity contribution >= 4 is 17.4 Å². The maximum Gasteiger partial charge on any atom is 0.146 e. The molecule has 0 amide bonds. The number of aromatic nitrogens is 1. The van der Waals surface area contributed by atoms with Gasteiger partial charge in [0.25, 0.3) is 0 Å². The van der Waals surface area contributed by atoms with Crippen molar-refractivity contribution < 1.29 is 0 Å². The Bertz CT molecular complexity index is 472. The molecule has 94 valence electrons. The quantitative estimate of drug-likeness (QED) is 0.834. The molecule has 1 saturated heterocycles. The van der Waals surface area contributed by atoms with Crippen molar-refractivity contribution in [1.29, 1.82) is 5.26 Å². The number of hydrogen-bond donors (Lipinski definition) is 0. The number of anilines is 1. The fourth-order valence-corrected chi connectivity index (χ4v) is 2.27. The zero-order chi connectivity index (χ0) is 13.0. The van der Waals surface area contributed by atoms with Gasteiger partial charge in [-0.25, -0.2) is 4.98 Å². The van der Waals surface area contributed by atoms with Crippen LogP contribution in [0.25, 0.3) is 0 Å². The highest BCUT2D eigenvalue weighted by Gasteiger charge is 2.19. The number of hydrogen-bond acceptors (Lipinski definition) is 4. The molecule has 1 aliphatic heterocycles. The van der Waals surface area contributed by atoms with Crippen molar-refractivity contribution in [1.82, 2.24) is 9.88 Å². The molecule has 0 radical (unpaired) electrons. The van der Waals surface area contributed by atoms with Gasteiger partial charge in [0.2, 0.25) is 0 Å². The molecule has 1 aromatic rings. The molecule has 0 aromatic carbocycles. The lowest BCUT2D eigenvalue weighted by molar-refractivity contribution is 0.281. The van der Waals surface area contributed by atoms with Gasteiger partial charge < -0.3 is 4.90 Å². The standard InChI is InChI=1S/C13H15ClN4/c1-11(14)10-17-5-7-18(8-6-17)13-12(9-15)3-2-4-16-13/h2-4H,1,5-8,10H2. The summed E-state index contributed by atoms with van der Waals surface area (Å²) in [6, 6.07) is 5.77. The molecule has 0 unspecified atom stereocenters. The van der Waals surface area contributed by atoms with E-state index in [-0.39, 0.29) is 0 Å². The molecule has 0 spiro atoms. The Balaban J connectivity index is 2.01. The normalized spacial score (nSPS) is 16.3. The number of halogens is 1. The van der Waals surface area contributed by atoms with E-state index in [1.807, 2.05) is 0 Å². The van der Waals surface area contributed by atoms with Gasteiger partial charge in [-0.2, -0.15) is 5.26 Å². The Morgan fingerprint density at radius 3 is 2.78 bits per heavy atom. The van der Waals surface area contributed by atoms with Crippen LogP contribution in [0.15, 0.2) is 29.9 Å². The Kier molecular flexibility index (Phi) is 4.19. The first-order valence-corrected chi connectivity index (χ1v) is 6.24. The number of rotatable bonds is 3. The maximum atomic E-state index is 9.06. The molecule has 0 N–H and O–H groups in total. The molecule has 1 fully saturated rings. The molecule has 0 bridgehead atoms. The van der Waals surface area contributed by atoms with Crippen molar-refractivity contribution in [2.24, 2.45) is 0 Å². The van der Waals surface area contributed by atoms with Gasteiger partial charge in [0.15, 0.2) is 0 Å². The molecule has 0 aliphatic carbocycles. The third kappa shape index (κ3) is 3.00. The molecule has 5 heteroatoms. The molecule has 0 saturated carbocycles. The predicted octanol–water partition coefficient (Wildman–Crippen LogP) is 1.83. The van der Waals surface area contributed by atoms with E-state index in [2.05, 4.69) is 27.4 Å². The molecule has 1 aliphatic rings. The molecule has 0 atom stereocenters. The Morgan fingerprint density at radius 1 is 1.44 bits per heavy atom. The summed E-state index contributed by atoms with van der Waals surface area (Å²) in [5, 5.41) is 9.73. The Morgan fingerprint density at radius 2 is 2.17 bits per heavy atom. The number of nitrogens with zero attached hydrogens (tertiary/aromatic N) is 4. The third-order valence-corrected chi connectivity index (χ3v) is 3.09. The summed E-state index contributed by atoms with van der Waals surface area (Å²) in [6.45, 7) is 7.97. The van der Waals surface area contributed by atoms with Crippen LogP contribution in [0.4, 0.5) is 5.82 Å². The van der Waals surface area contributed by atoms with Crippen molar-refractivity contribution in [3.8, 4) is 6.07 Å². The zero-order valence-electron chi connectivity index (χ0n) is 10.1. The van der Waals surface area contributed by atoms with E-state index in [0.717, 1.165) is 38.5 Å². The van der Waals surface area contributed by atoms with E-state index in [1.54, 1.807) is 18.3 Å². The van der Waals surface area contributed by atoms with Crippen LogP contribution >= 0.6 is 11.6 Å². The van der Waals surface area contributed by atoms with Gasteiger partial charge in [-0.1, -0.05) is 18.2 Å². The fourth-order valence-electron chi connectivity index (χ4n) is 2.10. The molecule has 18 heavy (non-hydrogen) atoms. The fraction of sp³-hybridized carbons (Fsp3) is 0.385. The van der Waals surface area contributed by atoms with Crippen LogP contribution in [-0.2, 0) is 0 Å². The van der Waals surface area contributed by atoms with E-state index < -0.39 is 0 Å². The molecule has 2 heterocycles. The first-order valence-electron chi connectivity index (χ1n) is 5.86. The number of piperazine rings is 1. The molecule has 2 rings (SSSR count). The van der Waals surface area contributed by atoms with Crippen molar-refractivity contribution in [3.63, 3.8) is 0 Å². The summed E-state index contributed by atoms with van der Waals surface area (Å²) in [7, 11) is 0. The average Bonchev–Trinajstić information content (AvgIpc) is 2.39. The Hall–Kier alpha value is -1.57. The van der Waals surface area contributed by atoms with E-state index in [9.17, 15) is 0 Å². The van der Waals surface area contributed by atoms with E-state index >= 15 is 0 Å². The highest BCUT2D eigenvalue weighted by atomic mass is 35.5.